The third-order valence-electron chi connectivity index (χ3n) is 1.42. The van der Waals surface area contributed by atoms with Gasteiger partial charge in [0.25, 0.3) is 0 Å². The molecule has 0 saturated carbocycles. The summed E-state index contributed by atoms with van der Waals surface area (Å²) in [6, 6.07) is 6.73. The molecule has 66 valence electrons. The number of halogens is 2. The molecule has 2 N–H and O–H groups in total. The van der Waals surface area contributed by atoms with Crippen LogP contribution in [0.25, 0.3) is 5.70 Å². The first-order valence-electron chi connectivity index (χ1n) is 3.45. The molecule has 2 nitrogen and oxygen atoms in total. The van der Waals surface area contributed by atoms with Crippen LogP contribution in [0.3, 0.4) is 0 Å². The summed E-state index contributed by atoms with van der Waals surface area (Å²) in [5.41, 5.74) is 6.57. The molecule has 0 bridgehead atoms. The molecule has 0 amide bonds. The summed E-state index contributed by atoms with van der Waals surface area (Å²) in [4.78, 5) is 0. The van der Waals surface area contributed by atoms with Crippen LogP contribution in [-0.4, -0.2) is 0 Å². The zero-order valence-electron chi connectivity index (χ0n) is 6.59. The van der Waals surface area contributed by atoms with E-state index in [1.807, 2.05) is 6.07 Å². The van der Waals surface area contributed by atoms with Crippen molar-refractivity contribution < 1.29 is 0 Å². The van der Waals surface area contributed by atoms with Crippen LogP contribution in [0.5, 0.6) is 0 Å². The second-order valence-corrected chi connectivity index (χ2v) is 3.26. The van der Waals surface area contributed by atoms with Crippen LogP contribution >= 0.6 is 23.2 Å². The van der Waals surface area contributed by atoms with Crippen LogP contribution in [0.2, 0.25) is 10.0 Å². The van der Waals surface area contributed by atoms with E-state index in [2.05, 4.69) is 0 Å². The Morgan fingerprint density at radius 3 is 2.31 bits per heavy atom. The van der Waals surface area contributed by atoms with Gasteiger partial charge in [0.15, 0.2) is 0 Å². The van der Waals surface area contributed by atoms with Crippen molar-refractivity contribution in [2.75, 3.05) is 0 Å². The molecule has 1 aromatic rings. The zero-order chi connectivity index (χ0) is 9.84. The van der Waals surface area contributed by atoms with E-state index in [9.17, 15) is 0 Å². The van der Waals surface area contributed by atoms with Gasteiger partial charge in [0.2, 0.25) is 0 Å². The van der Waals surface area contributed by atoms with E-state index >= 15 is 0 Å². The molecule has 1 aromatic carbocycles. The Morgan fingerprint density at radius 1 is 1.31 bits per heavy atom. The fourth-order valence-corrected chi connectivity index (χ4v) is 1.40. The van der Waals surface area contributed by atoms with Crippen LogP contribution < -0.4 is 5.73 Å². The van der Waals surface area contributed by atoms with Gasteiger partial charge in [-0.3, -0.25) is 0 Å². The lowest BCUT2D eigenvalue weighted by molar-refractivity contribution is 1.49. The number of nitriles is 1. The molecule has 4 heteroatoms. The monoisotopic (exact) mass is 212 g/mol. The first kappa shape index (κ1) is 9.91. The molecule has 0 saturated heterocycles. The van der Waals surface area contributed by atoms with Crippen molar-refractivity contribution in [2.24, 2.45) is 5.73 Å². The molecular formula is C9H6Cl2N2. The largest absolute Gasteiger partial charge is 0.398 e. The van der Waals surface area contributed by atoms with Gasteiger partial charge in [0, 0.05) is 27.4 Å². The molecule has 0 aliphatic carbocycles. The summed E-state index contributed by atoms with van der Waals surface area (Å²) >= 11 is 11.5. The lowest BCUT2D eigenvalue weighted by atomic mass is 10.1. The van der Waals surface area contributed by atoms with E-state index < -0.39 is 0 Å². The van der Waals surface area contributed by atoms with E-state index in [1.165, 1.54) is 6.08 Å². The predicted molar refractivity (Wildman–Crippen MR) is 54.2 cm³/mol. The van der Waals surface area contributed by atoms with E-state index in [0.717, 1.165) is 0 Å². The molecule has 0 aliphatic rings. The zero-order valence-corrected chi connectivity index (χ0v) is 8.10. The van der Waals surface area contributed by atoms with Crippen LogP contribution in [0.15, 0.2) is 24.3 Å². The molecule has 13 heavy (non-hydrogen) atoms. The molecular weight excluding hydrogens is 207 g/mol. The predicted octanol–water partition coefficient (Wildman–Crippen LogP) is 2.82. The maximum absolute atomic E-state index is 8.36. The molecule has 0 spiro atoms. The van der Waals surface area contributed by atoms with Crippen LogP contribution in [0.4, 0.5) is 0 Å². The maximum Gasteiger partial charge on any atom is 0.0933 e. The molecule has 0 aromatic heterocycles. The van der Waals surface area contributed by atoms with Gasteiger partial charge >= 0.3 is 0 Å². The van der Waals surface area contributed by atoms with Crippen molar-refractivity contribution >= 4 is 28.9 Å². The second-order valence-electron chi connectivity index (χ2n) is 2.39. The first-order chi connectivity index (χ1) is 6.13. The van der Waals surface area contributed by atoms with Gasteiger partial charge in [0.05, 0.1) is 6.07 Å². The number of nitrogens with two attached hydrogens (primary N) is 1. The number of nitrogens with zero attached hydrogens (tertiary/aromatic N) is 1. The molecule has 0 unspecified atom stereocenters. The Balaban J connectivity index is 3.17. The SMILES string of the molecule is N#C/C=C(/N)c1cc(Cl)cc(Cl)c1. The number of benzene rings is 1. The van der Waals surface area contributed by atoms with Gasteiger partial charge in [-0.1, -0.05) is 23.2 Å². The summed E-state index contributed by atoms with van der Waals surface area (Å²) in [7, 11) is 0. The molecule has 0 aliphatic heterocycles. The topological polar surface area (TPSA) is 49.8 Å². The molecule has 0 atom stereocenters. The highest BCUT2D eigenvalue weighted by Gasteiger charge is 2.00. The highest BCUT2D eigenvalue weighted by Crippen LogP contribution is 2.21. The molecule has 1 rings (SSSR count). The van der Waals surface area contributed by atoms with Gasteiger partial charge in [-0.05, 0) is 18.2 Å². The van der Waals surface area contributed by atoms with Gasteiger partial charge in [-0.2, -0.15) is 5.26 Å². The Hall–Kier alpha value is -1.17. The Morgan fingerprint density at radius 2 is 1.85 bits per heavy atom. The van der Waals surface area contributed by atoms with Crippen LogP contribution in [0, 0.1) is 11.3 Å². The van der Waals surface area contributed by atoms with Gasteiger partial charge in [-0.15, -0.1) is 0 Å². The number of hydrogen-bond donors (Lipinski definition) is 1. The quantitative estimate of drug-likeness (QED) is 0.729. The number of rotatable bonds is 1. The standard InChI is InChI=1S/C9H6Cl2N2/c10-7-3-6(4-8(11)5-7)9(13)1-2-12/h1,3-5H,13H2/b9-1+. The van der Waals surface area contributed by atoms with Crippen LogP contribution in [-0.2, 0) is 0 Å². The summed E-state index contributed by atoms with van der Waals surface area (Å²) in [5.74, 6) is 0. The second kappa shape index (κ2) is 4.18. The van der Waals surface area contributed by atoms with E-state index in [-0.39, 0.29) is 0 Å². The van der Waals surface area contributed by atoms with Crippen molar-refractivity contribution in [2.45, 2.75) is 0 Å². The summed E-state index contributed by atoms with van der Waals surface area (Å²) in [5, 5.41) is 9.36. The Kier molecular flexibility index (Phi) is 3.18. The van der Waals surface area contributed by atoms with Crippen molar-refractivity contribution in [1.82, 2.24) is 0 Å². The fraction of sp³-hybridized carbons (Fsp3) is 0. The van der Waals surface area contributed by atoms with Gasteiger partial charge in [-0.25, -0.2) is 0 Å². The average Bonchev–Trinajstić information content (AvgIpc) is 2.03. The number of hydrogen-bond acceptors (Lipinski definition) is 2. The lowest BCUT2D eigenvalue weighted by Gasteiger charge is -2.01. The van der Waals surface area contributed by atoms with Crippen molar-refractivity contribution in [3.05, 3.63) is 39.9 Å². The Bertz CT molecular complexity index is 371. The van der Waals surface area contributed by atoms with E-state index in [1.54, 1.807) is 18.2 Å². The molecule has 0 heterocycles. The van der Waals surface area contributed by atoms with Crippen LogP contribution in [0.1, 0.15) is 5.56 Å². The lowest BCUT2D eigenvalue weighted by Crippen LogP contribution is -1.95. The smallest absolute Gasteiger partial charge is 0.0933 e. The average molecular weight is 213 g/mol. The van der Waals surface area contributed by atoms with Crippen molar-refractivity contribution in [3.8, 4) is 6.07 Å². The van der Waals surface area contributed by atoms with Crippen molar-refractivity contribution in [1.29, 1.82) is 5.26 Å². The minimum absolute atomic E-state index is 0.354. The maximum atomic E-state index is 8.36. The summed E-state index contributed by atoms with van der Waals surface area (Å²) in [6.07, 6.45) is 1.24. The molecule has 0 fully saturated rings. The van der Waals surface area contributed by atoms with E-state index in [4.69, 9.17) is 34.2 Å². The first-order valence-corrected chi connectivity index (χ1v) is 4.21. The number of allylic oxidation sites excluding steroid dienone is 1. The van der Waals surface area contributed by atoms with E-state index in [0.29, 0.717) is 21.3 Å². The van der Waals surface area contributed by atoms with Gasteiger partial charge < -0.3 is 5.73 Å². The summed E-state index contributed by atoms with van der Waals surface area (Å²) in [6.45, 7) is 0. The minimum atomic E-state index is 0.354. The molecule has 0 radical (unpaired) electrons. The fourth-order valence-electron chi connectivity index (χ4n) is 0.873. The third-order valence-corrected chi connectivity index (χ3v) is 1.85. The van der Waals surface area contributed by atoms with Crippen molar-refractivity contribution in [3.63, 3.8) is 0 Å². The highest BCUT2D eigenvalue weighted by molar-refractivity contribution is 6.34. The highest BCUT2D eigenvalue weighted by atomic mass is 35.5. The Labute approximate surface area is 86.2 Å². The normalized spacial score (nSPS) is 11.0. The van der Waals surface area contributed by atoms with Gasteiger partial charge in [0.1, 0.15) is 0 Å². The summed E-state index contributed by atoms with van der Waals surface area (Å²) < 4.78 is 0. The minimum Gasteiger partial charge on any atom is -0.398 e. The third kappa shape index (κ3) is 2.66.